The van der Waals surface area contributed by atoms with Crippen molar-refractivity contribution >= 4 is 19.4 Å². The molecular formula is Cl2Ru2. The van der Waals surface area contributed by atoms with Crippen LogP contribution in [-0.2, 0) is 26.1 Å². The van der Waals surface area contributed by atoms with Gasteiger partial charge in [-0.05, 0) is 0 Å². The Kier molecular flexibility index (Phi) is 7.03. The van der Waals surface area contributed by atoms with E-state index in [1.165, 1.54) is 0 Å². The van der Waals surface area contributed by atoms with Crippen LogP contribution in [0.25, 0.3) is 0 Å². The van der Waals surface area contributed by atoms with E-state index in [0.717, 1.165) is 0 Å². The summed E-state index contributed by atoms with van der Waals surface area (Å²) in [6.07, 6.45) is 0. The average molecular weight is 273 g/mol. The first-order chi connectivity index (χ1) is 1.91. The van der Waals surface area contributed by atoms with E-state index >= 15 is 0 Å². The molecule has 0 bridgehead atoms. The van der Waals surface area contributed by atoms with Gasteiger partial charge < -0.3 is 0 Å². The molecule has 0 amide bonds. The molecule has 0 atom stereocenters. The fourth-order valence-corrected chi connectivity index (χ4v) is 0. The van der Waals surface area contributed by atoms with Gasteiger partial charge in [0.1, 0.15) is 0 Å². The van der Waals surface area contributed by atoms with Crippen LogP contribution in [0.1, 0.15) is 0 Å². The van der Waals surface area contributed by atoms with Crippen molar-refractivity contribution in [1.29, 1.82) is 0 Å². The molecule has 0 aromatic rings. The molecule has 0 unspecified atom stereocenters. The Morgan fingerprint density at radius 1 is 1.00 bits per heavy atom. The van der Waals surface area contributed by atoms with E-state index in [-0.39, 0.29) is 26.1 Å². The zero-order valence-electron chi connectivity index (χ0n) is 1.46. The molecule has 0 rings (SSSR count). The fourth-order valence-electron chi connectivity index (χ4n) is 0. The predicted molar refractivity (Wildman–Crippen MR) is 11.7 cm³/mol. The van der Waals surface area contributed by atoms with Crippen LogP contribution in [-0.4, -0.2) is 0 Å². The first-order valence-corrected chi connectivity index (χ1v) is 9.12. The second-order valence-electron chi connectivity index (χ2n) is 0.0945. The van der Waals surface area contributed by atoms with Gasteiger partial charge in [-0.25, -0.2) is 0 Å². The van der Waals surface area contributed by atoms with Crippen molar-refractivity contribution in [2.75, 3.05) is 0 Å². The van der Waals surface area contributed by atoms with E-state index in [0.29, 0.717) is 0 Å². The fraction of sp³-hybridized carbons (Fsp3) is 0. The minimum atomic E-state index is 0.0671. The van der Waals surface area contributed by atoms with Crippen molar-refractivity contribution in [1.82, 2.24) is 0 Å². The number of hydrogen-bond donors (Lipinski definition) is 0. The van der Waals surface area contributed by atoms with Crippen molar-refractivity contribution in [2.24, 2.45) is 0 Å². The van der Waals surface area contributed by atoms with Gasteiger partial charge in [0.2, 0.25) is 0 Å². The van der Waals surface area contributed by atoms with E-state index in [9.17, 15) is 0 Å². The van der Waals surface area contributed by atoms with Gasteiger partial charge in [-0.3, -0.25) is 0 Å². The minimum absolute atomic E-state index is 0.0671. The summed E-state index contributed by atoms with van der Waals surface area (Å²) < 4.78 is 0. The van der Waals surface area contributed by atoms with Crippen molar-refractivity contribution in [2.45, 2.75) is 0 Å². The molecule has 0 aromatic carbocycles. The van der Waals surface area contributed by atoms with Gasteiger partial charge in [0, 0.05) is 0 Å². The van der Waals surface area contributed by atoms with Crippen molar-refractivity contribution in [3.05, 3.63) is 0 Å². The predicted octanol–water partition coefficient (Wildman–Crippen LogP) is 1.37. The monoisotopic (exact) mass is 274 g/mol. The molecule has 0 saturated carbocycles. The van der Waals surface area contributed by atoms with Crippen molar-refractivity contribution in [3.8, 4) is 0 Å². The molecule has 4 heavy (non-hydrogen) atoms. The molecule has 0 aliphatic rings. The molecule has 0 radical (unpaired) electrons. The summed E-state index contributed by atoms with van der Waals surface area (Å²) in [7, 11) is 10.4. The first-order valence-electron chi connectivity index (χ1n) is 0.392. The van der Waals surface area contributed by atoms with Crippen LogP contribution in [0.5, 0.6) is 0 Å². The summed E-state index contributed by atoms with van der Waals surface area (Å²) in [5.74, 6) is 0. The van der Waals surface area contributed by atoms with E-state index < -0.39 is 0 Å². The molecule has 0 nitrogen and oxygen atoms in total. The second kappa shape index (κ2) is 4.83. The quantitative estimate of drug-likeness (QED) is 0.585. The maximum absolute atomic E-state index is 5.18. The van der Waals surface area contributed by atoms with Crippen molar-refractivity contribution in [3.63, 3.8) is 0 Å². The first kappa shape index (κ1) is 5.83. The number of hydrogen-bond acceptors (Lipinski definition) is 0. The van der Waals surface area contributed by atoms with Crippen LogP contribution in [0.15, 0.2) is 0 Å². The van der Waals surface area contributed by atoms with Crippen LogP contribution < -0.4 is 0 Å². The van der Waals surface area contributed by atoms with Gasteiger partial charge in [-0.2, -0.15) is 0 Å². The summed E-state index contributed by atoms with van der Waals surface area (Å²) in [4.78, 5) is 0. The zero-order chi connectivity index (χ0) is 3.41. The van der Waals surface area contributed by atoms with Gasteiger partial charge in [0.15, 0.2) is 0 Å². The molecule has 0 aromatic heterocycles. The van der Waals surface area contributed by atoms with Crippen LogP contribution >= 0.6 is 19.4 Å². The molecule has 0 aliphatic carbocycles. The molecule has 0 N–H and O–H groups in total. The standard InChI is InChI=1S/2ClH.2Ru/h2*1H;;/q;;2*+1/p-2. The molecule has 0 spiro atoms. The summed E-state index contributed by atoms with van der Waals surface area (Å²) in [5, 5.41) is 0. The summed E-state index contributed by atoms with van der Waals surface area (Å²) in [6, 6.07) is 0. The summed E-state index contributed by atoms with van der Waals surface area (Å²) in [6.45, 7) is 0. The molecular weight excluding hydrogens is 273 g/mol. The normalized spacial score (nSPS) is 13.5. The van der Waals surface area contributed by atoms with E-state index in [2.05, 4.69) is 0 Å². The third kappa shape index (κ3) is 3.83. The van der Waals surface area contributed by atoms with E-state index in [1.54, 1.807) is 0 Å². The molecule has 30 valence electrons. The van der Waals surface area contributed by atoms with Gasteiger partial charge in [0.05, 0.1) is 0 Å². The Balaban J connectivity index is 2.55. The second-order valence-corrected chi connectivity index (χ2v) is 9.92. The number of halogens is 2. The molecule has 0 saturated heterocycles. The van der Waals surface area contributed by atoms with Gasteiger partial charge in [0.25, 0.3) is 0 Å². The van der Waals surface area contributed by atoms with Crippen LogP contribution in [0.3, 0.4) is 0 Å². The summed E-state index contributed by atoms with van der Waals surface area (Å²) in [5.41, 5.74) is 0. The molecule has 0 heterocycles. The van der Waals surface area contributed by atoms with Crippen LogP contribution in [0, 0.1) is 0 Å². The molecule has 0 aliphatic heterocycles. The number of rotatable bonds is 0. The molecule has 4 heteroatoms. The van der Waals surface area contributed by atoms with Gasteiger partial charge in [-0.15, -0.1) is 0 Å². The van der Waals surface area contributed by atoms with Gasteiger partial charge in [-0.1, -0.05) is 0 Å². The average Bonchev–Trinajstić information content (AvgIpc) is 1.37. The Bertz CT molecular complexity index is 19.2. The Morgan fingerprint density at radius 2 is 1.25 bits per heavy atom. The van der Waals surface area contributed by atoms with E-state index in [1.807, 2.05) is 0 Å². The Morgan fingerprint density at radius 3 is 1.25 bits per heavy atom. The van der Waals surface area contributed by atoms with Gasteiger partial charge >= 0.3 is 45.5 Å². The topological polar surface area (TPSA) is 0 Å². The van der Waals surface area contributed by atoms with Crippen LogP contribution in [0.4, 0.5) is 0 Å². The molecule has 0 fully saturated rings. The van der Waals surface area contributed by atoms with E-state index in [4.69, 9.17) is 19.4 Å². The Labute approximate surface area is 45.2 Å². The zero-order valence-corrected chi connectivity index (χ0v) is 6.45. The Hall–Kier alpha value is 1.83. The third-order valence-corrected chi connectivity index (χ3v) is 5.62. The van der Waals surface area contributed by atoms with Crippen molar-refractivity contribution < 1.29 is 26.1 Å². The SMILES string of the molecule is [Cl][Ru]=[Ru][Cl]. The maximum atomic E-state index is 5.18. The summed E-state index contributed by atoms with van der Waals surface area (Å²) >= 11 is 0.134. The van der Waals surface area contributed by atoms with Crippen LogP contribution in [0.2, 0.25) is 0 Å². The third-order valence-electron chi connectivity index (χ3n) is 0.0179.